The lowest BCUT2D eigenvalue weighted by Gasteiger charge is -2.24. The van der Waals surface area contributed by atoms with Crippen LogP contribution in [0.4, 0.5) is 0 Å². The van der Waals surface area contributed by atoms with Crippen molar-refractivity contribution in [2.75, 3.05) is 7.11 Å². The van der Waals surface area contributed by atoms with Crippen LogP contribution < -0.4 is 10.1 Å². The molecule has 0 bridgehead atoms. The molecule has 6 heteroatoms. The van der Waals surface area contributed by atoms with Gasteiger partial charge in [0, 0.05) is 6.04 Å². The monoisotopic (exact) mass is 356 g/mol. The summed E-state index contributed by atoms with van der Waals surface area (Å²) in [5, 5.41) is 12.1. The first-order chi connectivity index (χ1) is 12.5. The second kappa shape index (κ2) is 9.62. The van der Waals surface area contributed by atoms with Crippen LogP contribution in [0.5, 0.6) is 5.75 Å². The zero-order valence-corrected chi connectivity index (χ0v) is 15.2. The Morgan fingerprint density at radius 2 is 1.88 bits per heavy atom. The van der Waals surface area contributed by atoms with Crippen molar-refractivity contribution < 1.29 is 19.1 Å². The summed E-state index contributed by atoms with van der Waals surface area (Å²) in [6, 6.07) is 8.88. The first-order valence-corrected chi connectivity index (χ1v) is 8.80. The SMILES string of the molecule is COc1ccc(/C=C(\C#N)C(=O)O[C@@H](C)C(=O)NC2CCCCC2)cc1. The quantitative estimate of drug-likeness (QED) is 0.481. The van der Waals surface area contributed by atoms with Crippen molar-refractivity contribution >= 4 is 18.0 Å². The van der Waals surface area contributed by atoms with Gasteiger partial charge in [0.1, 0.15) is 17.4 Å². The van der Waals surface area contributed by atoms with Crippen LogP contribution in [-0.4, -0.2) is 31.1 Å². The summed E-state index contributed by atoms with van der Waals surface area (Å²) in [5.41, 5.74) is 0.506. The molecule has 1 aliphatic rings. The van der Waals surface area contributed by atoms with Gasteiger partial charge in [0.2, 0.25) is 0 Å². The molecule has 1 aromatic carbocycles. The minimum atomic E-state index is -0.947. The first-order valence-electron chi connectivity index (χ1n) is 8.80. The number of carbonyl (C=O) groups excluding carboxylic acids is 2. The van der Waals surface area contributed by atoms with E-state index in [4.69, 9.17) is 9.47 Å². The van der Waals surface area contributed by atoms with Crippen LogP contribution in [0, 0.1) is 11.3 Å². The maximum absolute atomic E-state index is 12.2. The molecule has 1 N–H and O–H groups in total. The molecule has 0 saturated heterocycles. The standard InChI is InChI=1S/C20H24N2O4/c1-14(19(23)22-17-6-4-3-5-7-17)26-20(24)16(13-21)12-15-8-10-18(25-2)11-9-15/h8-12,14,17H,3-7H2,1-2H3,(H,22,23)/b16-12+/t14-/m0/s1. The molecule has 138 valence electrons. The molecule has 0 unspecified atom stereocenters. The zero-order valence-electron chi connectivity index (χ0n) is 15.2. The van der Waals surface area contributed by atoms with Crippen molar-refractivity contribution in [3.63, 3.8) is 0 Å². The number of nitrogens with zero attached hydrogens (tertiary/aromatic N) is 1. The van der Waals surface area contributed by atoms with Crippen molar-refractivity contribution in [3.05, 3.63) is 35.4 Å². The van der Waals surface area contributed by atoms with E-state index in [0.29, 0.717) is 11.3 Å². The summed E-state index contributed by atoms with van der Waals surface area (Å²) in [4.78, 5) is 24.4. The Bertz CT molecular complexity index is 698. The fraction of sp³-hybridized carbons (Fsp3) is 0.450. The number of carbonyl (C=O) groups is 2. The summed E-state index contributed by atoms with van der Waals surface area (Å²) >= 11 is 0. The Morgan fingerprint density at radius 3 is 2.46 bits per heavy atom. The van der Waals surface area contributed by atoms with Crippen LogP contribution in [-0.2, 0) is 14.3 Å². The van der Waals surface area contributed by atoms with Crippen LogP contribution >= 0.6 is 0 Å². The number of esters is 1. The van der Waals surface area contributed by atoms with Crippen molar-refractivity contribution in [2.45, 2.75) is 51.2 Å². The predicted octanol–water partition coefficient (Wildman–Crippen LogP) is 2.98. The second-order valence-corrected chi connectivity index (χ2v) is 6.33. The summed E-state index contributed by atoms with van der Waals surface area (Å²) in [5.74, 6) is -0.460. The number of nitriles is 1. The fourth-order valence-corrected chi connectivity index (χ4v) is 2.85. The molecule has 0 spiro atoms. The average molecular weight is 356 g/mol. The smallest absolute Gasteiger partial charge is 0.349 e. The zero-order chi connectivity index (χ0) is 18.9. The lowest BCUT2D eigenvalue weighted by molar-refractivity contribution is -0.151. The number of rotatable bonds is 6. The van der Waals surface area contributed by atoms with Gasteiger partial charge in [0.05, 0.1) is 7.11 Å². The average Bonchev–Trinajstić information content (AvgIpc) is 2.67. The first kappa shape index (κ1) is 19.5. The molecule has 0 aliphatic heterocycles. The highest BCUT2D eigenvalue weighted by Gasteiger charge is 2.23. The Kier molecular flexibility index (Phi) is 7.22. The number of hydrogen-bond acceptors (Lipinski definition) is 5. The minimum Gasteiger partial charge on any atom is -0.497 e. The van der Waals surface area contributed by atoms with Crippen molar-refractivity contribution in [1.29, 1.82) is 5.26 Å². The third-order valence-corrected chi connectivity index (χ3v) is 4.37. The van der Waals surface area contributed by atoms with Crippen molar-refractivity contribution in [1.82, 2.24) is 5.32 Å². The van der Waals surface area contributed by atoms with Crippen LogP contribution in [0.15, 0.2) is 29.8 Å². The summed E-state index contributed by atoms with van der Waals surface area (Å²) < 4.78 is 10.2. The minimum absolute atomic E-state index is 0.141. The molecule has 0 radical (unpaired) electrons. The van der Waals surface area contributed by atoms with E-state index >= 15 is 0 Å². The maximum Gasteiger partial charge on any atom is 0.349 e. The third kappa shape index (κ3) is 5.62. The summed E-state index contributed by atoms with van der Waals surface area (Å²) in [6.07, 6.45) is 5.77. The van der Waals surface area contributed by atoms with Crippen molar-refractivity contribution in [2.24, 2.45) is 0 Å². The Balaban J connectivity index is 1.95. The second-order valence-electron chi connectivity index (χ2n) is 6.33. The van der Waals surface area contributed by atoms with E-state index in [1.165, 1.54) is 19.4 Å². The highest BCUT2D eigenvalue weighted by molar-refractivity contribution is 5.99. The van der Waals surface area contributed by atoms with Gasteiger partial charge in [-0.3, -0.25) is 4.79 Å². The number of amides is 1. The number of hydrogen-bond donors (Lipinski definition) is 1. The lowest BCUT2D eigenvalue weighted by Crippen LogP contribution is -2.42. The van der Waals surface area contributed by atoms with E-state index in [-0.39, 0.29) is 17.5 Å². The highest BCUT2D eigenvalue weighted by atomic mass is 16.5. The maximum atomic E-state index is 12.2. The van der Waals surface area contributed by atoms with E-state index in [0.717, 1.165) is 25.7 Å². The molecule has 1 aromatic rings. The molecule has 2 rings (SSSR count). The molecule has 1 atom stereocenters. The summed E-state index contributed by atoms with van der Waals surface area (Å²) in [6.45, 7) is 1.51. The van der Waals surface area contributed by atoms with E-state index in [9.17, 15) is 14.9 Å². The molecule has 0 aromatic heterocycles. The summed E-state index contributed by atoms with van der Waals surface area (Å²) in [7, 11) is 1.56. The van der Waals surface area contributed by atoms with Crippen LogP contribution in [0.25, 0.3) is 6.08 Å². The normalized spacial score (nSPS) is 16.3. The van der Waals surface area contributed by atoms with E-state index in [1.807, 2.05) is 6.07 Å². The molecular weight excluding hydrogens is 332 g/mol. The molecule has 1 saturated carbocycles. The van der Waals surface area contributed by atoms with E-state index < -0.39 is 12.1 Å². The molecule has 1 fully saturated rings. The predicted molar refractivity (Wildman–Crippen MR) is 97.2 cm³/mol. The lowest BCUT2D eigenvalue weighted by atomic mass is 9.95. The van der Waals surface area contributed by atoms with Crippen LogP contribution in [0.3, 0.4) is 0 Å². The molecule has 6 nitrogen and oxygen atoms in total. The van der Waals surface area contributed by atoms with Gasteiger partial charge in [-0.05, 0) is 43.5 Å². The van der Waals surface area contributed by atoms with Gasteiger partial charge >= 0.3 is 5.97 Å². The van der Waals surface area contributed by atoms with E-state index in [2.05, 4.69) is 5.32 Å². The Labute approximate surface area is 153 Å². The van der Waals surface area contributed by atoms with Gasteiger partial charge < -0.3 is 14.8 Å². The largest absolute Gasteiger partial charge is 0.497 e. The van der Waals surface area contributed by atoms with Gasteiger partial charge in [-0.2, -0.15) is 5.26 Å². The topological polar surface area (TPSA) is 88.4 Å². The van der Waals surface area contributed by atoms with Gasteiger partial charge in [0.15, 0.2) is 6.10 Å². The van der Waals surface area contributed by atoms with Gasteiger partial charge in [-0.1, -0.05) is 31.4 Å². The highest BCUT2D eigenvalue weighted by Crippen LogP contribution is 2.18. The molecule has 26 heavy (non-hydrogen) atoms. The molecule has 1 aliphatic carbocycles. The van der Waals surface area contributed by atoms with Crippen molar-refractivity contribution in [3.8, 4) is 11.8 Å². The number of nitrogens with one attached hydrogen (secondary N) is 1. The van der Waals surface area contributed by atoms with Crippen LogP contribution in [0.2, 0.25) is 0 Å². The van der Waals surface area contributed by atoms with Gasteiger partial charge in [0.25, 0.3) is 5.91 Å². The van der Waals surface area contributed by atoms with Gasteiger partial charge in [-0.15, -0.1) is 0 Å². The number of benzene rings is 1. The Morgan fingerprint density at radius 1 is 1.23 bits per heavy atom. The number of methoxy groups -OCH3 is 1. The number of ether oxygens (including phenoxy) is 2. The van der Waals surface area contributed by atoms with Gasteiger partial charge in [-0.25, -0.2) is 4.79 Å². The third-order valence-electron chi connectivity index (χ3n) is 4.37. The fourth-order valence-electron chi connectivity index (χ4n) is 2.85. The Hall–Kier alpha value is -2.81. The molecule has 1 amide bonds. The van der Waals surface area contributed by atoms with E-state index in [1.54, 1.807) is 31.4 Å². The van der Waals surface area contributed by atoms with Crippen LogP contribution in [0.1, 0.15) is 44.6 Å². The molecule has 0 heterocycles. The molecular formula is C20H24N2O4.